The van der Waals surface area contributed by atoms with Gasteiger partial charge in [-0.15, -0.1) is 0 Å². The molecule has 0 aromatic rings. The first-order valence-corrected chi connectivity index (χ1v) is 6.73. The predicted molar refractivity (Wildman–Crippen MR) is 70.1 cm³/mol. The summed E-state index contributed by atoms with van der Waals surface area (Å²) in [7, 11) is 4.45. The van der Waals surface area contributed by atoms with Crippen LogP contribution < -0.4 is 5.73 Å². The van der Waals surface area contributed by atoms with E-state index in [0.717, 1.165) is 19.8 Å². The van der Waals surface area contributed by atoms with Gasteiger partial charge < -0.3 is 20.3 Å². The highest BCUT2D eigenvalue weighted by molar-refractivity contribution is 4.93. The highest BCUT2D eigenvalue weighted by atomic mass is 16.5. The smallest absolute Gasteiger partial charge is 0.0624 e. The molecule has 2 N–H and O–H groups in total. The second kappa shape index (κ2) is 5.22. The van der Waals surface area contributed by atoms with Gasteiger partial charge in [0.05, 0.1) is 13.2 Å². The fourth-order valence-corrected chi connectivity index (χ4v) is 3.09. The second-order valence-electron chi connectivity index (χ2n) is 6.25. The summed E-state index contributed by atoms with van der Waals surface area (Å²) in [5.74, 6) is 0. The summed E-state index contributed by atoms with van der Waals surface area (Å²) in [6.45, 7) is 7.25. The van der Waals surface area contributed by atoms with E-state index in [0.29, 0.717) is 6.04 Å². The molecule has 2 aliphatic heterocycles. The van der Waals surface area contributed by atoms with Gasteiger partial charge in [-0.25, -0.2) is 0 Å². The van der Waals surface area contributed by atoms with Crippen LogP contribution in [0.5, 0.6) is 0 Å². The standard InChI is InChI=1S/C13H27N3O/c1-13(10-17-8-12(13)14)9-16(3)11-5-4-6-15(2)7-11/h11-12H,4-10,14H2,1-3H3. The molecule has 0 spiro atoms. The van der Waals surface area contributed by atoms with Crippen LogP contribution in [0.15, 0.2) is 0 Å². The van der Waals surface area contributed by atoms with E-state index in [1.807, 2.05) is 0 Å². The Balaban J connectivity index is 1.89. The van der Waals surface area contributed by atoms with Crippen molar-refractivity contribution in [2.75, 3.05) is 46.9 Å². The average molecular weight is 241 g/mol. The van der Waals surface area contributed by atoms with E-state index in [4.69, 9.17) is 10.5 Å². The Labute approximate surface area is 105 Å². The van der Waals surface area contributed by atoms with E-state index in [9.17, 15) is 0 Å². The molecule has 0 aromatic carbocycles. The topological polar surface area (TPSA) is 41.7 Å². The van der Waals surface area contributed by atoms with Crippen molar-refractivity contribution >= 4 is 0 Å². The monoisotopic (exact) mass is 241 g/mol. The molecule has 2 rings (SSSR count). The molecule has 17 heavy (non-hydrogen) atoms. The highest BCUT2D eigenvalue weighted by Crippen LogP contribution is 2.29. The van der Waals surface area contributed by atoms with Crippen molar-refractivity contribution in [2.24, 2.45) is 11.1 Å². The first kappa shape index (κ1) is 13.3. The molecule has 2 saturated heterocycles. The molecule has 2 aliphatic rings. The molecule has 3 unspecified atom stereocenters. The third-order valence-corrected chi connectivity index (χ3v) is 4.46. The predicted octanol–water partition coefficient (Wildman–Crippen LogP) is 0.376. The zero-order chi connectivity index (χ0) is 12.5. The molecule has 0 aromatic heterocycles. The third kappa shape index (κ3) is 2.99. The molecule has 0 aliphatic carbocycles. The molecule has 2 fully saturated rings. The van der Waals surface area contributed by atoms with Crippen LogP contribution in [0.1, 0.15) is 19.8 Å². The first-order valence-electron chi connectivity index (χ1n) is 6.73. The van der Waals surface area contributed by atoms with E-state index in [1.54, 1.807) is 0 Å². The quantitative estimate of drug-likeness (QED) is 0.775. The number of piperidine rings is 1. The summed E-state index contributed by atoms with van der Waals surface area (Å²) in [6, 6.07) is 0.865. The molecule has 0 amide bonds. The minimum Gasteiger partial charge on any atom is -0.379 e. The molecule has 4 heteroatoms. The maximum atomic E-state index is 6.16. The molecule has 2 heterocycles. The summed E-state index contributed by atoms with van der Waals surface area (Å²) in [5, 5.41) is 0. The van der Waals surface area contributed by atoms with Gasteiger partial charge in [0.2, 0.25) is 0 Å². The average Bonchev–Trinajstić information content (AvgIpc) is 2.59. The number of ether oxygens (including phenoxy) is 1. The van der Waals surface area contributed by atoms with Crippen LogP contribution in [0.25, 0.3) is 0 Å². The first-order chi connectivity index (χ1) is 8.01. The maximum absolute atomic E-state index is 6.16. The third-order valence-electron chi connectivity index (χ3n) is 4.46. The maximum Gasteiger partial charge on any atom is 0.0624 e. The SMILES string of the molecule is CN1CCCC(N(C)CC2(C)COCC2N)C1. The summed E-state index contributed by atoms with van der Waals surface area (Å²) in [5.41, 5.74) is 6.29. The van der Waals surface area contributed by atoms with Crippen molar-refractivity contribution in [2.45, 2.75) is 31.8 Å². The number of hydrogen-bond acceptors (Lipinski definition) is 4. The van der Waals surface area contributed by atoms with Gasteiger partial charge in [0.15, 0.2) is 0 Å². The van der Waals surface area contributed by atoms with Gasteiger partial charge in [0, 0.05) is 30.6 Å². The van der Waals surface area contributed by atoms with Crippen molar-refractivity contribution in [3.63, 3.8) is 0 Å². The van der Waals surface area contributed by atoms with Gasteiger partial charge in [-0.2, -0.15) is 0 Å². The molecule has 3 atom stereocenters. The van der Waals surface area contributed by atoms with Gasteiger partial charge in [0.1, 0.15) is 0 Å². The minimum atomic E-state index is 0.130. The number of likely N-dealkylation sites (tertiary alicyclic amines) is 1. The lowest BCUT2D eigenvalue weighted by atomic mass is 9.84. The Bertz CT molecular complexity index is 261. The van der Waals surface area contributed by atoms with Crippen LogP contribution in [0.3, 0.4) is 0 Å². The van der Waals surface area contributed by atoms with Crippen molar-refractivity contribution in [1.29, 1.82) is 0 Å². The van der Waals surface area contributed by atoms with E-state index in [-0.39, 0.29) is 11.5 Å². The molecule has 4 nitrogen and oxygen atoms in total. The van der Waals surface area contributed by atoms with Crippen molar-refractivity contribution in [1.82, 2.24) is 9.80 Å². The molecule has 0 bridgehead atoms. The lowest BCUT2D eigenvalue weighted by Gasteiger charge is -2.40. The van der Waals surface area contributed by atoms with Gasteiger partial charge in [-0.1, -0.05) is 6.92 Å². The van der Waals surface area contributed by atoms with Crippen LogP contribution in [0, 0.1) is 5.41 Å². The Kier molecular flexibility index (Phi) is 4.08. The van der Waals surface area contributed by atoms with Gasteiger partial charge in [0.25, 0.3) is 0 Å². The Hall–Kier alpha value is -0.160. The zero-order valence-corrected chi connectivity index (χ0v) is 11.5. The lowest BCUT2D eigenvalue weighted by molar-refractivity contribution is 0.0786. The van der Waals surface area contributed by atoms with Crippen molar-refractivity contribution in [3.8, 4) is 0 Å². The zero-order valence-electron chi connectivity index (χ0n) is 11.5. The molecule has 0 saturated carbocycles. The van der Waals surface area contributed by atoms with Crippen LogP contribution in [-0.2, 0) is 4.74 Å². The van der Waals surface area contributed by atoms with Crippen LogP contribution in [0.4, 0.5) is 0 Å². The molecular formula is C13H27N3O. The van der Waals surface area contributed by atoms with E-state index >= 15 is 0 Å². The number of likely N-dealkylation sites (N-methyl/N-ethyl adjacent to an activating group) is 2. The fourth-order valence-electron chi connectivity index (χ4n) is 3.09. The second-order valence-corrected chi connectivity index (χ2v) is 6.25. The lowest BCUT2D eigenvalue weighted by Crippen LogP contribution is -2.52. The molecule has 0 radical (unpaired) electrons. The van der Waals surface area contributed by atoms with E-state index in [1.165, 1.54) is 25.9 Å². The fraction of sp³-hybridized carbons (Fsp3) is 1.00. The van der Waals surface area contributed by atoms with E-state index < -0.39 is 0 Å². The van der Waals surface area contributed by atoms with Crippen molar-refractivity contribution in [3.05, 3.63) is 0 Å². The molecule has 100 valence electrons. The summed E-state index contributed by atoms with van der Waals surface area (Å²) in [4.78, 5) is 4.92. The largest absolute Gasteiger partial charge is 0.379 e. The number of hydrogen-bond donors (Lipinski definition) is 1. The summed E-state index contributed by atoms with van der Waals surface area (Å²) >= 11 is 0. The van der Waals surface area contributed by atoms with Crippen LogP contribution in [0.2, 0.25) is 0 Å². The number of rotatable bonds is 3. The Morgan fingerprint density at radius 2 is 2.29 bits per heavy atom. The number of nitrogens with two attached hydrogens (primary N) is 1. The van der Waals surface area contributed by atoms with Crippen molar-refractivity contribution < 1.29 is 4.74 Å². The summed E-state index contributed by atoms with van der Waals surface area (Å²) < 4.78 is 5.52. The Morgan fingerprint density at radius 3 is 2.88 bits per heavy atom. The highest BCUT2D eigenvalue weighted by Gasteiger charge is 2.39. The van der Waals surface area contributed by atoms with Crippen LogP contribution in [-0.4, -0.2) is 68.8 Å². The number of nitrogens with zero attached hydrogens (tertiary/aromatic N) is 2. The Morgan fingerprint density at radius 1 is 1.53 bits per heavy atom. The van der Waals surface area contributed by atoms with Gasteiger partial charge in [-0.3, -0.25) is 0 Å². The normalized spacial score (nSPS) is 40.1. The van der Waals surface area contributed by atoms with Crippen LogP contribution >= 0.6 is 0 Å². The van der Waals surface area contributed by atoms with Gasteiger partial charge >= 0.3 is 0 Å². The summed E-state index contributed by atoms with van der Waals surface area (Å²) in [6.07, 6.45) is 2.62. The molecular weight excluding hydrogens is 214 g/mol. The van der Waals surface area contributed by atoms with Gasteiger partial charge in [-0.05, 0) is 33.5 Å². The van der Waals surface area contributed by atoms with E-state index in [2.05, 4.69) is 30.8 Å². The minimum absolute atomic E-state index is 0.130.